The predicted octanol–water partition coefficient (Wildman–Crippen LogP) is 3.90. The molecule has 1 aliphatic rings. The van der Waals surface area contributed by atoms with Gasteiger partial charge in [0, 0.05) is 29.8 Å². The molecule has 0 amide bonds. The van der Waals surface area contributed by atoms with Crippen LogP contribution in [0.4, 0.5) is 22.0 Å². The number of nitrogens with zero attached hydrogens (tertiary/aromatic N) is 2. The van der Waals surface area contributed by atoms with E-state index < -0.39 is 49.7 Å². The van der Waals surface area contributed by atoms with E-state index in [-0.39, 0.29) is 17.1 Å². The zero-order chi connectivity index (χ0) is 20.9. The van der Waals surface area contributed by atoms with Gasteiger partial charge >= 0.3 is 5.51 Å². The Morgan fingerprint density at radius 2 is 2.04 bits per heavy atom. The van der Waals surface area contributed by atoms with E-state index in [9.17, 15) is 31.3 Å². The summed E-state index contributed by atoms with van der Waals surface area (Å²) in [6.07, 6.45) is -1.51. The maximum Gasteiger partial charge on any atom is 0.483 e. The van der Waals surface area contributed by atoms with Crippen molar-refractivity contribution >= 4 is 9.73 Å². The lowest BCUT2D eigenvalue weighted by Crippen LogP contribution is -2.26. The second-order valence-corrected chi connectivity index (χ2v) is 7.93. The van der Waals surface area contributed by atoms with Crippen molar-refractivity contribution in [1.82, 2.24) is 4.98 Å². The van der Waals surface area contributed by atoms with Crippen molar-refractivity contribution in [2.24, 2.45) is 0 Å². The molecular weight excluding hydrogens is 409 g/mol. The molecule has 0 saturated heterocycles. The van der Waals surface area contributed by atoms with Gasteiger partial charge in [-0.25, -0.2) is 17.8 Å². The van der Waals surface area contributed by atoms with E-state index >= 15 is 0 Å². The van der Waals surface area contributed by atoms with Gasteiger partial charge in [-0.1, -0.05) is 0 Å². The van der Waals surface area contributed by atoms with Crippen molar-refractivity contribution in [3.05, 3.63) is 47.3 Å². The summed E-state index contributed by atoms with van der Waals surface area (Å²) in [5.74, 6) is -4.23. The highest BCUT2D eigenvalue weighted by Gasteiger charge is 2.53. The Morgan fingerprint density at radius 1 is 1.36 bits per heavy atom. The summed E-state index contributed by atoms with van der Waals surface area (Å²) in [6.45, 7) is 0. The van der Waals surface area contributed by atoms with Crippen molar-refractivity contribution in [3.63, 3.8) is 0 Å². The maximum atomic E-state index is 14.0. The lowest BCUT2D eigenvalue weighted by atomic mass is 10.1. The van der Waals surface area contributed by atoms with Gasteiger partial charge in [0.25, 0.3) is 5.92 Å². The monoisotopic (exact) mass is 419 g/mol. The van der Waals surface area contributed by atoms with E-state index in [0.717, 1.165) is 12.3 Å². The third kappa shape index (κ3) is 3.16. The summed E-state index contributed by atoms with van der Waals surface area (Å²) in [6, 6.07) is 4.44. The number of benzene rings is 1. The van der Waals surface area contributed by atoms with Gasteiger partial charge in [-0.05, 0) is 12.1 Å². The molecule has 2 aromatic rings. The van der Waals surface area contributed by atoms with Gasteiger partial charge in [0.2, 0.25) is 0 Å². The number of hydrogen-bond donors (Lipinski definition) is 2. The Balaban J connectivity index is 2.18. The summed E-state index contributed by atoms with van der Waals surface area (Å²) < 4.78 is 91.7. The largest absolute Gasteiger partial charge is 0.483 e. The fourth-order valence-corrected chi connectivity index (χ4v) is 3.84. The van der Waals surface area contributed by atoms with Crippen molar-refractivity contribution < 1.29 is 36.0 Å². The number of nitriles is 1. The number of nitrogens with one attached hydrogen (secondary N) is 1. The molecule has 0 fully saturated rings. The average Bonchev–Trinajstić information content (AvgIpc) is 2.85. The minimum atomic E-state index is -5.52. The molecule has 2 unspecified atom stereocenters. The summed E-state index contributed by atoms with van der Waals surface area (Å²) in [5, 5.41) is 18.7. The fourth-order valence-electron chi connectivity index (χ4n) is 2.78. The molecule has 0 saturated carbocycles. The molecular formula is C16H10F5N3O3S. The summed E-state index contributed by atoms with van der Waals surface area (Å²) >= 11 is 0. The summed E-state index contributed by atoms with van der Waals surface area (Å²) in [4.78, 5) is 2.47. The molecule has 0 radical (unpaired) electrons. The molecule has 6 nitrogen and oxygen atoms in total. The first-order chi connectivity index (χ1) is 12.9. The second-order valence-electron chi connectivity index (χ2n) is 5.92. The zero-order valence-corrected chi connectivity index (χ0v) is 14.4. The van der Waals surface area contributed by atoms with Crippen LogP contribution < -0.4 is 4.74 Å². The van der Waals surface area contributed by atoms with Crippen LogP contribution in [0.3, 0.4) is 0 Å². The first-order valence-corrected chi connectivity index (χ1v) is 9.04. The van der Waals surface area contributed by atoms with Crippen LogP contribution in [0, 0.1) is 16.1 Å². The summed E-state index contributed by atoms with van der Waals surface area (Å²) in [5.41, 5.74) is -6.88. The number of ether oxygens (including phenoxy) is 1. The van der Waals surface area contributed by atoms with E-state index in [1.165, 1.54) is 12.3 Å². The number of aliphatic hydroxyl groups excluding tert-OH is 1. The van der Waals surface area contributed by atoms with Gasteiger partial charge in [-0.15, -0.1) is 0 Å². The van der Waals surface area contributed by atoms with Gasteiger partial charge in [0.15, 0.2) is 9.73 Å². The van der Waals surface area contributed by atoms with Gasteiger partial charge in [-0.3, -0.25) is 4.98 Å². The Bertz CT molecular complexity index is 1090. The van der Waals surface area contributed by atoms with Gasteiger partial charge < -0.3 is 9.84 Å². The van der Waals surface area contributed by atoms with E-state index in [1.54, 1.807) is 6.07 Å². The Kier molecular flexibility index (Phi) is 4.55. The van der Waals surface area contributed by atoms with E-state index in [2.05, 4.69) is 4.98 Å². The molecule has 2 atom stereocenters. The number of pyridine rings is 1. The highest BCUT2D eigenvalue weighted by atomic mass is 32.2. The second kappa shape index (κ2) is 6.39. The quantitative estimate of drug-likeness (QED) is 0.734. The molecule has 1 heterocycles. The van der Waals surface area contributed by atoms with Gasteiger partial charge in [-0.2, -0.15) is 18.4 Å². The molecule has 12 heteroatoms. The molecule has 28 heavy (non-hydrogen) atoms. The smallest absolute Gasteiger partial charge is 0.455 e. The molecule has 148 valence electrons. The topological polar surface area (TPSA) is 107 Å². The van der Waals surface area contributed by atoms with Crippen molar-refractivity contribution in [2.75, 3.05) is 0 Å². The van der Waals surface area contributed by atoms with Crippen LogP contribution in [0.15, 0.2) is 35.5 Å². The lowest BCUT2D eigenvalue weighted by molar-refractivity contribution is -0.0978. The van der Waals surface area contributed by atoms with Crippen LogP contribution in [0.2, 0.25) is 0 Å². The molecule has 2 N–H and O–H groups in total. The number of halogens is 5. The minimum absolute atomic E-state index is 0.0545. The van der Waals surface area contributed by atoms with E-state index in [4.69, 9.17) is 14.8 Å². The molecule has 1 aromatic carbocycles. The highest BCUT2D eigenvalue weighted by Crippen LogP contribution is 2.51. The SMILES string of the molecule is N#Cc1cncc(Oc2ccc(S(=N)(=O)C(F)(F)F)c3c2CC(F)(F)C3O)c1. The number of alkyl halides is 5. The molecule has 1 aliphatic carbocycles. The van der Waals surface area contributed by atoms with Crippen LogP contribution >= 0.6 is 0 Å². The van der Waals surface area contributed by atoms with E-state index in [1.807, 2.05) is 0 Å². The summed E-state index contributed by atoms with van der Waals surface area (Å²) in [7, 11) is -5.49. The molecule has 0 aliphatic heterocycles. The van der Waals surface area contributed by atoms with E-state index in [0.29, 0.717) is 6.07 Å². The standard InChI is InChI=1S/C16H10F5N3O3S/c17-15(18)4-10-11(27-9-3-8(5-22)6-24-7-9)1-2-12(13(10)14(15)25)28(23,26)16(19,20)21/h1-3,6-7,14,23,25H,4H2. The van der Waals surface area contributed by atoms with Crippen molar-refractivity contribution in [1.29, 1.82) is 10.0 Å². The number of aromatic nitrogens is 1. The lowest BCUT2D eigenvalue weighted by Gasteiger charge is -2.19. The van der Waals surface area contributed by atoms with Gasteiger partial charge in [0.1, 0.15) is 23.7 Å². The predicted molar refractivity (Wildman–Crippen MR) is 84.3 cm³/mol. The maximum absolute atomic E-state index is 14.0. The Hall–Kier alpha value is -2.78. The van der Waals surface area contributed by atoms with Crippen LogP contribution in [-0.2, 0) is 16.1 Å². The third-order valence-electron chi connectivity index (χ3n) is 4.07. The average molecular weight is 419 g/mol. The van der Waals surface area contributed by atoms with Crippen LogP contribution in [0.25, 0.3) is 0 Å². The van der Waals surface area contributed by atoms with Crippen molar-refractivity contribution in [2.45, 2.75) is 28.9 Å². The normalized spacial score (nSPS) is 20.1. The number of rotatable bonds is 3. The fraction of sp³-hybridized carbons (Fsp3) is 0.250. The third-order valence-corrected chi connectivity index (χ3v) is 5.69. The number of aliphatic hydroxyl groups is 1. The van der Waals surface area contributed by atoms with Crippen LogP contribution in [0.1, 0.15) is 22.8 Å². The van der Waals surface area contributed by atoms with Crippen LogP contribution in [0.5, 0.6) is 11.5 Å². The minimum Gasteiger partial charge on any atom is -0.455 e. The van der Waals surface area contributed by atoms with Gasteiger partial charge in [0.05, 0.1) is 16.7 Å². The highest BCUT2D eigenvalue weighted by molar-refractivity contribution is 7.93. The van der Waals surface area contributed by atoms with Crippen molar-refractivity contribution in [3.8, 4) is 17.6 Å². The Morgan fingerprint density at radius 3 is 2.64 bits per heavy atom. The number of hydrogen-bond acceptors (Lipinski definition) is 6. The molecule has 0 bridgehead atoms. The molecule has 1 aromatic heterocycles. The number of fused-ring (bicyclic) bond motifs is 1. The first-order valence-electron chi connectivity index (χ1n) is 7.48. The molecule has 0 spiro atoms. The molecule has 3 rings (SSSR count). The van der Waals surface area contributed by atoms with Crippen LogP contribution in [-0.4, -0.2) is 25.7 Å². The zero-order valence-electron chi connectivity index (χ0n) is 13.6. The Labute approximate surface area is 155 Å². The first kappa shape index (κ1) is 20.0.